The fourth-order valence-electron chi connectivity index (χ4n) is 2.89. The molecule has 7 nitrogen and oxygen atoms in total. The maximum Gasteiger partial charge on any atom is 0.271 e. The topological polar surface area (TPSA) is 81.9 Å². The molecule has 26 heavy (non-hydrogen) atoms. The average Bonchev–Trinajstić information content (AvgIpc) is 3.08. The van der Waals surface area contributed by atoms with Gasteiger partial charge in [0.25, 0.3) is 11.6 Å². The third-order valence-corrected chi connectivity index (χ3v) is 4.23. The molecule has 1 heterocycles. The summed E-state index contributed by atoms with van der Waals surface area (Å²) < 4.78 is 10.4. The molecule has 0 radical (unpaired) electrons. The fraction of sp³-hybridized carbons (Fsp3) is 0.211. The molecule has 2 aromatic rings. The average molecular weight is 354 g/mol. The second-order valence-electron chi connectivity index (χ2n) is 5.79. The third-order valence-electron chi connectivity index (χ3n) is 4.23. The van der Waals surface area contributed by atoms with E-state index in [1.807, 2.05) is 0 Å². The van der Waals surface area contributed by atoms with Gasteiger partial charge in [-0.3, -0.25) is 14.9 Å². The second kappa shape index (κ2) is 7.26. The summed E-state index contributed by atoms with van der Waals surface area (Å²) in [5.74, 6) is 1.02. The zero-order valence-corrected chi connectivity index (χ0v) is 14.5. The summed E-state index contributed by atoms with van der Waals surface area (Å²) in [6.07, 6.45) is 3.80. The number of nitrogens with zero attached hydrogens (tertiary/aromatic N) is 2. The second-order valence-corrected chi connectivity index (χ2v) is 5.79. The van der Waals surface area contributed by atoms with Crippen molar-refractivity contribution < 1.29 is 19.2 Å². The monoisotopic (exact) mass is 354 g/mol. The van der Waals surface area contributed by atoms with Gasteiger partial charge in [0.05, 0.1) is 24.8 Å². The molecule has 134 valence electrons. The molecule has 0 spiro atoms. The minimum Gasteiger partial charge on any atom is -0.497 e. The number of anilines is 1. The normalized spacial score (nSPS) is 12.9. The lowest BCUT2D eigenvalue weighted by Gasteiger charge is -2.14. The number of benzene rings is 2. The van der Waals surface area contributed by atoms with Crippen molar-refractivity contribution >= 4 is 23.4 Å². The summed E-state index contributed by atoms with van der Waals surface area (Å²) in [5.41, 5.74) is 2.26. The summed E-state index contributed by atoms with van der Waals surface area (Å²) >= 11 is 0. The number of hydrogen-bond donors (Lipinski definition) is 0. The van der Waals surface area contributed by atoms with Crippen LogP contribution in [-0.4, -0.2) is 31.6 Å². The van der Waals surface area contributed by atoms with Gasteiger partial charge in [-0.05, 0) is 35.8 Å². The van der Waals surface area contributed by atoms with E-state index in [4.69, 9.17) is 9.47 Å². The molecule has 0 saturated heterocycles. The predicted octanol–water partition coefficient (Wildman–Crippen LogP) is 3.21. The van der Waals surface area contributed by atoms with Crippen molar-refractivity contribution in [3.8, 4) is 11.5 Å². The molecule has 0 bridgehead atoms. The first-order valence-electron chi connectivity index (χ1n) is 8.02. The maximum absolute atomic E-state index is 12.6. The molecule has 1 aliphatic heterocycles. The van der Waals surface area contributed by atoms with Crippen LogP contribution in [0, 0.1) is 10.1 Å². The summed E-state index contributed by atoms with van der Waals surface area (Å²) in [6, 6.07) is 9.93. The Kier molecular flexibility index (Phi) is 4.88. The van der Waals surface area contributed by atoms with E-state index in [1.165, 1.54) is 18.2 Å². The lowest BCUT2D eigenvalue weighted by Crippen LogP contribution is -2.26. The minimum atomic E-state index is -0.459. The summed E-state index contributed by atoms with van der Waals surface area (Å²) in [4.78, 5) is 24.6. The highest BCUT2D eigenvalue weighted by atomic mass is 16.6. The number of carbonyl (C=O) groups is 1. The molecular formula is C19H18N2O5. The molecule has 0 aromatic heterocycles. The Hall–Kier alpha value is -3.35. The standard InChI is InChI=1S/C19H18N2O5/c1-25-16-9-13(10-17(12-16)26-2)3-6-19(22)20-8-7-14-4-5-15(21(23)24)11-18(14)20/h3-6,9-12H,7-8H2,1-2H3/b6-3+. The van der Waals surface area contributed by atoms with Gasteiger partial charge in [-0.1, -0.05) is 6.07 Å². The van der Waals surface area contributed by atoms with Gasteiger partial charge in [-0.25, -0.2) is 0 Å². The number of carbonyl (C=O) groups excluding carboxylic acids is 1. The molecular weight excluding hydrogens is 336 g/mol. The highest BCUT2D eigenvalue weighted by Gasteiger charge is 2.25. The van der Waals surface area contributed by atoms with Crippen molar-refractivity contribution in [2.24, 2.45) is 0 Å². The highest BCUT2D eigenvalue weighted by molar-refractivity contribution is 6.05. The molecule has 0 saturated carbocycles. The van der Waals surface area contributed by atoms with Gasteiger partial charge in [0.2, 0.25) is 0 Å². The van der Waals surface area contributed by atoms with Crippen LogP contribution in [0.4, 0.5) is 11.4 Å². The van der Waals surface area contributed by atoms with Crippen molar-refractivity contribution in [1.82, 2.24) is 0 Å². The first-order valence-corrected chi connectivity index (χ1v) is 8.02. The Balaban J connectivity index is 1.83. The van der Waals surface area contributed by atoms with Crippen molar-refractivity contribution in [2.45, 2.75) is 6.42 Å². The van der Waals surface area contributed by atoms with Crippen LogP contribution in [0.25, 0.3) is 6.08 Å². The number of rotatable bonds is 5. The van der Waals surface area contributed by atoms with Crippen molar-refractivity contribution in [3.63, 3.8) is 0 Å². The molecule has 1 aliphatic rings. The molecule has 2 aromatic carbocycles. The van der Waals surface area contributed by atoms with Crippen LogP contribution in [0.5, 0.6) is 11.5 Å². The van der Waals surface area contributed by atoms with E-state index in [-0.39, 0.29) is 11.6 Å². The number of ether oxygens (including phenoxy) is 2. The lowest BCUT2D eigenvalue weighted by molar-refractivity contribution is -0.384. The first-order chi connectivity index (χ1) is 12.5. The van der Waals surface area contributed by atoms with E-state index < -0.39 is 4.92 Å². The number of non-ortho nitro benzene ring substituents is 1. The number of nitro benzene ring substituents is 1. The van der Waals surface area contributed by atoms with Crippen LogP contribution in [0.15, 0.2) is 42.5 Å². The largest absolute Gasteiger partial charge is 0.497 e. The summed E-state index contributed by atoms with van der Waals surface area (Å²) in [7, 11) is 3.11. The van der Waals surface area contributed by atoms with Crippen LogP contribution >= 0.6 is 0 Å². The molecule has 0 N–H and O–H groups in total. The van der Waals surface area contributed by atoms with E-state index >= 15 is 0 Å². The summed E-state index contributed by atoms with van der Waals surface area (Å²) in [6.45, 7) is 0.501. The van der Waals surface area contributed by atoms with Gasteiger partial charge in [0.1, 0.15) is 11.5 Å². The van der Waals surface area contributed by atoms with Crippen LogP contribution in [0.3, 0.4) is 0 Å². The van der Waals surface area contributed by atoms with E-state index in [9.17, 15) is 14.9 Å². The quantitative estimate of drug-likeness (QED) is 0.468. The van der Waals surface area contributed by atoms with Crippen molar-refractivity contribution in [2.75, 3.05) is 25.7 Å². The van der Waals surface area contributed by atoms with Crippen LogP contribution in [-0.2, 0) is 11.2 Å². The molecule has 0 aliphatic carbocycles. The van der Waals surface area contributed by atoms with E-state index in [0.29, 0.717) is 30.2 Å². The molecule has 0 fully saturated rings. The Morgan fingerprint density at radius 2 is 1.85 bits per heavy atom. The molecule has 0 atom stereocenters. The van der Waals surface area contributed by atoms with Gasteiger partial charge in [-0.15, -0.1) is 0 Å². The molecule has 0 unspecified atom stereocenters. The van der Waals surface area contributed by atoms with Gasteiger partial charge < -0.3 is 14.4 Å². The van der Waals surface area contributed by atoms with Crippen LogP contribution < -0.4 is 14.4 Å². The Bertz CT molecular complexity index is 869. The van der Waals surface area contributed by atoms with Gasteiger partial charge in [0.15, 0.2) is 0 Å². The smallest absolute Gasteiger partial charge is 0.271 e. The van der Waals surface area contributed by atoms with E-state index in [2.05, 4.69) is 0 Å². The maximum atomic E-state index is 12.6. The number of amides is 1. The zero-order valence-electron chi connectivity index (χ0n) is 14.5. The first kappa shape index (κ1) is 17.5. The Morgan fingerprint density at radius 1 is 1.15 bits per heavy atom. The van der Waals surface area contributed by atoms with Gasteiger partial charge in [-0.2, -0.15) is 0 Å². The van der Waals surface area contributed by atoms with Gasteiger partial charge >= 0.3 is 0 Å². The van der Waals surface area contributed by atoms with Crippen LogP contribution in [0.2, 0.25) is 0 Å². The van der Waals surface area contributed by atoms with Gasteiger partial charge in [0, 0.05) is 30.8 Å². The Labute approximate surface area is 150 Å². The molecule has 3 rings (SSSR count). The number of hydrogen-bond acceptors (Lipinski definition) is 5. The Morgan fingerprint density at radius 3 is 2.46 bits per heavy atom. The minimum absolute atomic E-state index is 0.0232. The molecule has 1 amide bonds. The number of nitro groups is 1. The highest BCUT2D eigenvalue weighted by Crippen LogP contribution is 2.32. The van der Waals surface area contributed by atoms with Crippen molar-refractivity contribution in [3.05, 3.63) is 63.7 Å². The van der Waals surface area contributed by atoms with Crippen LogP contribution in [0.1, 0.15) is 11.1 Å². The van der Waals surface area contributed by atoms with E-state index in [1.54, 1.807) is 49.5 Å². The summed E-state index contributed by atoms with van der Waals surface area (Å²) in [5, 5.41) is 11.0. The molecule has 7 heteroatoms. The third kappa shape index (κ3) is 3.51. The van der Waals surface area contributed by atoms with Crippen molar-refractivity contribution in [1.29, 1.82) is 0 Å². The predicted molar refractivity (Wildman–Crippen MR) is 97.7 cm³/mol. The fourth-order valence-corrected chi connectivity index (χ4v) is 2.89. The van der Waals surface area contributed by atoms with E-state index in [0.717, 1.165) is 11.1 Å². The zero-order chi connectivity index (χ0) is 18.7. The number of fused-ring (bicyclic) bond motifs is 1. The SMILES string of the molecule is COc1cc(/C=C/C(=O)N2CCc3ccc([N+](=O)[O-])cc32)cc(OC)c1. The number of methoxy groups -OCH3 is 2. The lowest BCUT2D eigenvalue weighted by atomic mass is 10.1.